The summed E-state index contributed by atoms with van der Waals surface area (Å²) < 4.78 is 0. The Morgan fingerprint density at radius 2 is 1.82 bits per heavy atom. The standard InChI is InChI=1S/C15H23NO/c1-2-3-10-16(15-8-9-15)11-13-4-6-14(12-17)7-5-13/h4-7,15,17H,2-3,8-12H2,1H3. The highest BCUT2D eigenvalue weighted by Crippen LogP contribution is 2.28. The normalized spacial score (nSPS) is 15.5. The molecule has 1 aromatic carbocycles. The maximum Gasteiger partial charge on any atom is 0.0681 e. The SMILES string of the molecule is CCCCN(Cc1ccc(CO)cc1)C1CC1. The van der Waals surface area contributed by atoms with Gasteiger partial charge in [0.2, 0.25) is 0 Å². The first-order valence-corrected chi connectivity index (χ1v) is 6.76. The zero-order chi connectivity index (χ0) is 12.1. The summed E-state index contributed by atoms with van der Waals surface area (Å²) in [5.74, 6) is 0. The van der Waals surface area contributed by atoms with Crippen molar-refractivity contribution in [1.29, 1.82) is 0 Å². The third-order valence-corrected chi connectivity index (χ3v) is 3.45. The largest absolute Gasteiger partial charge is 0.392 e. The van der Waals surface area contributed by atoms with Crippen LogP contribution in [0, 0.1) is 0 Å². The van der Waals surface area contributed by atoms with Gasteiger partial charge in [0.05, 0.1) is 6.61 Å². The molecule has 0 heterocycles. The summed E-state index contributed by atoms with van der Waals surface area (Å²) in [7, 11) is 0. The van der Waals surface area contributed by atoms with Crippen LogP contribution in [0.3, 0.4) is 0 Å². The van der Waals surface area contributed by atoms with Gasteiger partial charge < -0.3 is 5.11 Å². The Kier molecular flexibility index (Phi) is 4.57. The molecule has 0 aliphatic heterocycles. The van der Waals surface area contributed by atoms with Crippen molar-refractivity contribution in [1.82, 2.24) is 4.90 Å². The van der Waals surface area contributed by atoms with E-state index in [4.69, 9.17) is 5.11 Å². The van der Waals surface area contributed by atoms with Crippen molar-refractivity contribution in [2.75, 3.05) is 6.54 Å². The van der Waals surface area contributed by atoms with Crippen LogP contribution < -0.4 is 0 Å². The first-order chi connectivity index (χ1) is 8.33. The van der Waals surface area contributed by atoms with Gasteiger partial charge in [-0.05, 0) is 36.9 Å². The van der Waals surface area contributed by atoms with Crippen molar-refractivity contribution < 1.29 is 5.11 Å². The number of benzene rings is 1. The predicted molar refractivity (Wildman–Crippen MR) is 70.7 cm³/mol. The molecule has 2 nitrogen and oxygen atoms in total. The third kappa shape index (κ3) is 3.83. The Labute approximate surface area is 104 Å². The maximum absolute atomic E-state index is 9.01. The minimum Gasteiger partial charge on any atom is -0.392 e. The summed E-state index contributed by atoms with van der Waals surface area (Å²) in [5, 5.41) is 9.01. The minimum atomic E-state index is 0.141. The van der Waals surface area contributed by atoms with Crippen LogP contribution in [0.25, 0.3) is 0 Å². The number of nitrogens with zero attached hydrogens (tertiary/aromatic N) is 1. The second-order valence-electron chi connectivity index (χ2n) is 5.03. The molecule has 0 unspecified atom stereocenters. The second kappa shape index (κ2) is 6.18. The van der Waals surface area contributed by atoms with E-state index in [-0.39, 0.29) is 6.61 Å². The summed E-state index contributed by atoms with van der Waals surface area (Å²) >= 11 is 0. The zero-order valence-electron chi connectivity index (χ0n) is 10.7. The molecule has 1 aliphatic carbocycles. The van der Waals surface area contributed by atoms with Crippen LogP contribution in [0.1, 0.15) is 43.7 Å². The maximum atomic E-state index is 9.01. The number of hydrogen-bond acceptors (Lipinski definition) is 2. The van der Waals surface area contributed by atoms with Gasteiger partial charge in [0.15, 0.2) is 0 Å². The molecule has 0 amide bonds. The van der Waals surface area contributed by atoms with E-state index < -0.39 is 0 Å². The summed E-state index contributed by atoms with van der Waals surface area (Å²) in [6.07, 6.45) is 5.31. The third-order valence-electron chi connectivity index (χ3n) is 3.45. The zero-order valence-corrected chi connectivity index (χ0v) is 10.7. The summed E-state index contributed by atoms with van der Waals surface area (Å²) in [6.45, 7) is 4.68. The summed E-state index contributed by atoms with van der Waals surface area (Å²) in [5.41, 5.74) is 2.37. The van der Waals surface area contributed by atoms with Crippen molar-refractivity contribution in [2.45, 2.75) is 51.8 Å². The van der Waals surface area contributed by atoms with Crippen LogP contribution >= 0.6 is 0 Å². The van der Waals surface area contributed by atoms with Gasteiger partial charge in [-0.3, -0.25) is 4.90 Å². The highest BCUT2D eigenvalue weighted by Gasteiger charge is 2.28. The van der Waals surface area contributed by atoms with E-state index in [1.807, 2.05) is 12.1 Å². The molecular weight excluding hydrogens is 210 g/mol. The molecule has 0 spiro atoms. The molecule has 94 valence electrons. The number of hydrogen-bond donors (Lipinski definition) is 1. The van der Waals surface area contributed by atoms with Crippen LogP contribution in [0.2, 0.25) is 0 Å². The van der Waals surface area contributed by atoms with Gasteiger partial charge in [0.25, 0.3) is 0 Å². The Morgan fingerprint density at radius 3 is 2.35 bits per heavy atom. The molecular formula is C15H23NO. The average molecular weight is 233 g/mol. The van der Waals surface area contributed by atoms with Crippen LogP contribution in [-0.4, -0.2) is 22.6 Å². The van der Waals surface area contributed by atoms with E-state index in [0.717, 1.165) is 18.2 Å². The highest BCUT2D eigenvalue weighted by atomic mass is 16.3. The van der Waals surface area contributed by atoms with Crippen LogP contribution in [0.4, 0.5) is 0 Å². The number of rotatable bonds is 7. The van der Waals surface area contributed by atoms with E-state index in [1.54, 1.807) is 0 Å². The van der Waals surface area contributed by atoms with Crippen LogP contribution in [0.5, 0.6) is 0 Å². The van der Waals surface area contributed by atoms with Crippen molar-refractivity contribution in [2.24, 2.45) is 0 Å². The highest BCUT2D eigenvalue weighted by molar-refractivity contribution is 5.22. The molecule has 1 fully saturated rings. The van der Waals surface area contributed by atoms with Crippen molar-refractivity contribution in [3.05, 3.63) is 35.4 Å². The van der Waals surface area contributed by atoms with E-state index >= 15 is 0 Å². The minimum absolute atomic E-state index is 0.141. The fourth-order valence-electron chi connectivity index (χ4n) is 2.18. The summed E-state index contributed by atoms with van der Waals surface area (Å²) in [6, 6.07) is 9.18. The van der Waals surface area contributed by atoms with Gasteiger partial charge in [0.1, 0.15) is 0 Å². The Hall–Kier alpha value is -0.860. The van der Waals surface area contributed by atoms with Gasteiger partial charge in [-0.2, -0.15) is 0 Å². The molecule has 2 rings (SSSR count). The first kappa shape index (κ1) is 12.6. The van der Waals surface area contributed by atoms with Crippen LogP contribution in [-0.2, 0) is 13.2 Å². The number of aliphatic hydroxyl groups is 1. The molecule has 17 heavy (non-hydrogen) atoms. The van der Waals surface area contributed by atoms with Crippen molar-refractivity contribution in [3.8, 4) is 0 Å². The van der Waals surface area contributed by atoms with Crippen molar-refractivity contribution >= 4 is 0 Å². The monoisotopic (exact) mass is 233 g/mol. The van der Waals surface area contributed by atoms with Gasteiger partial charge in [-0.25, -0.2) is 0 Å². The molecule has 1 saturated carbocycles. The Bertz CT molecular complexity index is 329. The molecule has 1 aliphatic rings. The smallest absolute Gasteiger partial charge is 0.0681 e. The molecule has 1 N–H and O–H groups in total. The number of aliphatic hydroxyl groups excluding tert-OH is 1. The quantitative estimate of drug-likeness (QED) is 0.782. The topological polar surface area (TPSA) is 23.5 Å². The summed E-state index contributed by atoms with van der Waals surface area (Å²) in [4.78, 5) is 2.61. The Morgan fingerprint density at radius 1 is 1.18 bits per heavy atom. The van der Waals surface area contributed by atoms with E-state index in [2.05, 4.69) is 24.0 Å². The lowest BCUT2D eigenvalue weighted by Gasteiger charge is -2.21. The molecule has 2 heteroatoms. The fourth-order valence-corrected chi connectivity index (χ4v) is 2.18. The van der Waals surface area contributed by atoms with Gasteiger partial charge >= 0.3 is 0 Å². The predicted octanol–water partition coefficient (Wildman–Crippen LogP) is 2.94. The lowest BCUT2D eigenvalue weighted by Crippen LogP contribution is -2.26. The van der Waals surface area contributed by atoms with Gasteiger partial charge in [-0.15, -0.1) is 0 Å². The first-order valence-electron chi connectivity index (χ1n) is 6.76. The molecule has 0 radical (unpaired) electrons. The molecule has 0 saturated heterocycles. The van der Waals surface area contributed by atoms with Crippen LogP contribution in [0.15, 0.2) is 24.3 Å². The lowest BCUT2D eigenvalue weighted by molar-refractivity contribution is 0.250. The van der Waals surface area contributed by atoms with Crippen molar-refractivity contribution in [3.63, 3.8) is 0 Å². The van der Waals surface area contributed by atoms with E-state index in [0.29, 0.717) is 0 Å². The molecule has 0 bridgehead atoms. The number of unbranched alkanes of at least 4 members (excludes halogenated alkanes) is 1. The van der Waals surface area contributed by atoms with Gasteiger partial charge in [-0.1, -0.05) is 37.6 Å². The van der Waals surface area contributed by atoms with Gasteiger partial charge in [0, 0.05) is 12.6 Å². The second-order valence-corrected chi connectivity index (χ2v) is 5.03. The molecule has 0 atom stereocenters. The molecule has 0 aromatic heterocycles. The lowest BCUT2D eigenvalue weighted by atomic mass is 10.1. The molecule has 1 aromatic rings. The average Bonchev–Trinajstić information content (AvgIpc) is 3.19. The fraction of sp³-hybridized carbons (Fsp3) is 0.600. The van der Waals surface area contributed by atoms with E-state index in [1.165, 1.54) is 37.8 Å². The van der Waals surface area contributed by atoms with E-state index in [9.17, 15) is 0 Å². The Balaban J connectivity index is 1.91.